The third kappa shape index (κ3) is 2.31. The molecule has 82 valence electrons. The molecule has 2 aromatic rings. The van der Waals surface area contributed by atoms with Crippen LogP contribution in [0, 0.1) is 0 Å². The molecule has 16 heavy (non-hydrogen) atoms. The van der Waals surface area contributed by atoms with Gasteiger partial charge in [0.05, 0.1) is 24.7 Å². The number of halogens is 1. The zero-order chi connectivity index (χ0) is 11.5. The summed E-state index contributed by atoms with van der Waals surface area (Å²) in [4.78, 5) is 15.4. The number of hydrogen-bond donors (Lipinski definition) is 0. The van der Waals surface area contributed by atoms with Crippen LogP contribution in [0.25, 0.3) is 10.9 Å². The average Bonchev–Trinajstić information content (AvgIpc) is 2.28. The van der Waals surface area contributed by atoms with Gasteiger partial charge in [-0.3, -0.25) is 9.78 Å². The lowest BCUT2D eigenvalue weighted by molar-refractivity contribution is -0.139. The van der Waals surface area contributed by atoms with E-state index >= 15 is 0 Å². The number of pyridine rings is 1. The molecule has 1 heterocycles. The SMILES string of the molecule is COC(=O)Cc1ccc2ccc(Cl)cc2n1. The van der Waals surface area contributed by atoms with Crippen molar-refractivity contribution in [2.24, 2.45) is 0 Å². The van der Waals surface area contributed by atoms with Crippen LogP contribution in [0.5, 0.6) is 0 Å². The molecule has 3 nitrogen and oxygen atoms in total. The second-order valence-electron chi connectivity index (χ2n) is 3.39. The largest absolute Gasteiger partial charge is 0.469 e. The van der Waals surface area contributed by atoms with Crippen LogP contribution in [0.15, 0.2) is 30.3 Å². The molecule has 0 spiro atoms. The van der Waals surface area contributed by atoms with Crippen LogP contribution in [-0.2, 0) is 16.0 Å². The molecule has 0 saturated carbocycles. The molecule has 0 saturated heterocycles. The lowest BCUT2D eigenvalue weighted by atomic mass is 10.2. The van der Waals surface area contributed by atoms with Crippen LogP contribution in [0.2, 0.25) is 5.02 Å². The van der Waals surface area contributed by atoms with Gasteiger partial charge in [-0.05, 0) is 18.2 Å². The highest BCUT2D eigenvalue weighted by molar-refractivity contribution is 6.31. The van der Waals surface area contributed by atoms with Crippen molar-refractivity contribution < 1.29 is 9.53 Å². The van der Waals surface area contributed by atoms with Crippen LogP contribution >= 0.6 is 11.6 Å². The first-order valence-electron chi connectivity index (χ1n) is 4.81. The Hall–Kier alpha value is -1.61. The summed E-state index contributed by atoms with van der Waals surface area (Å²) in [6.45, 7) is 0. The normalized spacial score (nSPS) is 10.4. The van der Waals surface area contributed by atoms with Gasteiger partial charge in [0, 0.05) is 10.4 Å². The van der Waals surface area contributed by atoms with Crippen LogP contribution < -0.4 is 0 Å². The maximum Gasteiger partial charge on any atom is 0.311 e. The number of ether oxygens (including phenoxy) is 1. The second-order valence-corrected chi connectivity index (χ2v) is 3.83. The number of fused-ring (bicyclic) bond motifs is 1. The van der Waals surface area contributed by atoms with Gasteiger partial charge in [-0.1, -0.05) is 23.7 Å². The van der Waals surface area contributed by atoms with Gasteiger partial charge in [0.1, 0.15) is 0 Å². The molecule has 0 amide bonds. The summed E-state index contributed by atoms with van der Waals surface area (Å²) in [5.41, 5.74) is 1.47. The van der Waals surface area contributed by atoms with Crippen LogP contribution in [-0.4, -0.2) is 18.1 Å². The molecular formula is C12H10ClNO2. The Bertz CT molecular complexity index is 540. The van der Waals surface area contributed by atoms with E-state index in [1.54, 1.807) is 6.07 Å². The first kappa shape index (κ1) is 10.9. The van der Waals surface area contributed by atoms with Crippen molar-refractivity contribution in [1.82, 2.24) is 4.98 Å². The lowest BCUT2D eigenvalue weighted by Crippen LogP contribution is -2.05. The number of benzene rings is 1. The number of aromatic nitrogens is 1. The fraction of sp³-hybridized carbons (Fsp3) is 0.167. The highest BCUT2D eigenvalue weighted by atomic mass is 35.5. The van der Waals surface area contributed by atoms with Crippen LogP contribution in [0.1, 0.15) is 5.69 Å². The monoisotopic (exact) mass is 235 g/mol. The van der Waals surface area contributed by atoms with Crippen molar-refractivity contribution in [2.45, 2.75) is 6.42 Å². The molecule has 0 fully saturated rings. The van der Waals surface area contributed by atoms with Crippen molar-refractivity contribution in [2.75, 3.05) is 7.11 Å². The van der Waals surface area contributed by atoms with E-state index in [0.29, 0.717) is 10.7 Å². The minimum Gasteiger partial charge on any atom is -0.469 e. The fourth-order valence-corrected chi connectivity index (χ4v) is 1.62. The summed E-state index contributed by atoms with van der Waals surface area (Å²) < 4.78 is 4.58. The van der Waals surface area contributed by atoms with E-state index in [9.17, 15) is 4.79 Å². The van der Waals surface area contributed by atoms with Gasteiger partial charge in [0.25, 0.3) is 0 Å². The fourth-order valence-electron chi connectivity index (χ4n) is 1.45. The number of methoxy groups -OCH3 is 1. The van der Waals surface area contributed by atoms with Crippen LogP contribution in [0.4, 0.5) is 0 Å². The average molecular weight is 236 g/mol. The molecular weight excluding hydrogens is 226 g/mol. The maximum absolute atomic E-state index is 11.1. The second kappa shape index (κ2) is 4.49. The number of nitrogens with zero attached hydrogens (tertiary/aromatic N) is 1. The van der Waals surface area contributed by atoms with Gasteiger partial charge >= 0.3 is 5.97 Å². The first-order valence-corrected chi connectivity index (χ1v) is 5.19. The lowest BCUT2D eigenvalue weighted by Gasteiger charge is -2.02. The Kier molecular flexibility index (Phi) is 3.06. The zero-order valence-electron chi connectivity index (χ0n) is 8.74. The number of carbonyl (C=O) groups excluding carboxylic acids is 1. The summed E-state index contributed by atoms with van der Waals surface area (Å²) >= 11 is 5.87. The third-order valence-electron chi connectivity index (χ3n) is 2.26. The quantitative estimate of drug-likeness (QED) is 0.751. The molecule has 1 aromatic carbocycles. The smallest absolute Gasteiger partial charge is 0.311 e. The predicted molar refractivity (Wildman–Crippen MR) is 62.5 cm³/mol. The van der Waals surface area contributed by atoms with E-state index < -0.39 is 0 Å². The third-order valence-corrected chi connectivity index (χ3v) is 2.50. The predicted octanol–water partition coefficient (Wildman–Crippen LogP) is 2.60. The number of hydrogen-bond acceptors (Lipinski definition) is 3. The molecule has 4 heteroatoms. The molecule has 1 aromatic heterocycles. The van der Waals surface area contributed by atoms with Crippen molar-refractivity contribution in [1.29, 1.82) is 0 Å². The molecule has 0 bridgehead atoms. The van der Waals surface area contributed by atoms with E-state index in [4.69, 9.17) is 11.6 Å². The topological polar surface area (TPSA) is 39.2 Å². The Morgan fingerprint density at radius 2 is 2.12 bits per heavy atom. The Labute approximate surface area is 98.0 Å². The summed E-state index contributed by atoms with van der Waals surface area (Å²) in [7, 11) is 1.36. The molecule has 0 aliphatic heterocycles. The minimum absolute atomic E-state index is 0.180. The van der Waals surface area contributed by atoms with Crippen molar-refractivity contribution in [3.8, 4) is 0 Å². The molecule has 0 N–H and O–H groups in total. The molecule has 0 aliphatic carbocycles. The van der Waals surface area contributed by atoms with E-state index in [1.807, 2.05) is 24.3 Å². The Morgan fingerprint density at radius 3 is 2.88 bits per heavy atom. The van der Waals surface area contributed by atoms with Gasteiger partial charge in [-0.15, -0.1) is 0 Å². The van der Waals surface area contributed by atoms with Crippen molar-refractivity contribution in [3.05, 3.63) is 41.0 Å². The summed E-state index contributed by atoms with van der Waals surface area (Å²) in [6, 6.07) is 9.21. The number of rotatable bonds is 2. The van der Waals surface area contributed by atoms with E-state index in [0.717, 1.165) is 10.9 Å². The number of carbonyl (C=O) groups is 1. The molecule has 2 rings (SSSR count). The molecule has 0 radical (unpaired) electrons. The van der Waals surface area contributed by atoms with Gasteiger partial charge in [-0.25, -0.2) is 0 Å². The number of esters is 1. The van der Waals surface area contributed by atoms with Gasteiger partial charge < -0.3 is 4.74 Å². The maximum atomic E-state index is 11.1. The summed E-state index contributed by atoms with van der Waals surface area (Å²) in [5.74, 6) is -0.297. The minimum atomic E-state index is -0.297. The standard InChI is InChI=1S/C12H10ClNO2/c1-16-12(15)7-10-5-3-8-2-4-9(13)6-11(8)14-10/h2-6H,7H2,1H3. The van der Waals surface area contributed by atoms with E-state index in [-0.39, 0.29) is 12.4 Å². The van der Waals surface area contributed by atoms with Gasteiger partial charge in [0.15, 0.2) is 0 Å². The van der Waals surface area contributed by atoms with Crippen molar-refractivity contribution >= 4 is 28.5 Å². The Morgan fingerprint density at radius 1 is 1.38 bits per heavy atom. The summed E-state index contributed by atoms with van der Waals surface area (Å²) in [6.07, 6.45) is 0.180. The highest BCUT2D eigenvalue weighted by Gasteiger charge is 2.05. The molecule has 0 unspecified atom stereocenters. The highest BCUT2D eigenvalue weighted by Crippen LogP contribution is 2.18. The Balaban J connectivity index is 2.39. The van der Waals surface area contributed by atoms with Crippen LogP contribution in [0.3, 0.4) is 0 Å². The van der Waals surface area contributed by atoms with Crippen molar-refractivity contribution in [3.63, 3.8) is 0 Å². The van der Waals surface area contributed by atoms with E-state index in [2.05, 4.69) is 9.72 Å². The van der Waals surface area contributed by atoms with Gasteiger partial charge in [0.2, 0.25) is 0 Å². The summed E-state index contributed by atoms with van der Waals surface area (Å²) in [5, 5.41) is 1.63. The first-order chi connectivity index (χ1) is 7.69. The molecule has 0 aliphatic rings. The van der Waals surface area contributed by atoms with Gasteiger partial charge in [-0.2, -0.15) is 0 Å². The molecule has 0 atom stereocenters. The van der Waals surface area contributed by atoms with E-state index in [1.165, 1.54) is 7.11 Å². The zero-order valence-corrected chi connectivity index (χ0v) is 9.49.